The van der Waals surface area contributed by atoms with Gasteiger partial charge < -0.3 is 4.74 Å². The first-order valence-electron chi connectivity index (χ1n) is 5.23. The fourth-order valence-corrected chi connectivity index (χ4v) is 2.27. The molecule has 88 valence electrons. The number of ether oxygens (including phenoxy) is 1. The lowest BCUT2D eigenvalue weighted by Crippen LogP contribution is -2.00. The van der Waals surface area contributed by atoms with Crippen LogP contribution in [0, 0.1) is 13.8 Å². The summed E-state index contributed by atoms with van der Waals surface area (Å²) in [4.78, 5) is 15.6. The van der Waals surface area contributed by atoms with Crippen LogP contribution in [0.5, 0.6) is 0 Å². The van der Waals surface area contributed by atoms with Crippen LogP contribution in [0.4, 0.5) is 0 Å². The number of rotatable bonds is 2. The Bertz CT molecular complexity index is 560. The molecular formula is C13H13NO2S. The van der Waals surface area contributed by atoms with Crippen LogP contribution in [0.3, 0.4) is 0 Å². The zero-order valence-corrected chi connectivity index (χ0v) is 10.8. The molecule has 17 heavy (non-hydrogen) atoms. The Hall–Kier alpha value is -1.68. The molecule has 2 aromatic rings. The average Bonchev–Trinajstić information content (AvgIpc) is 2.81. The van der Waals surface area contributed by atoms with Gasteiger partial charge in [-0.25, -0.2) is 9.78 Å². The molecule has 0 unspecified atom stereocenters. The molecule has 2 rings (SSSR count). The predicted octanol–water partition coefficient (Wildman–Crippen LogP) is 3.21. The van der Waals surface area contributed by atoms with Crippen LogP contribution in [-0.2, 0) is 4.74 Å². The van der Waals surface area contributed by atoms with Crippen LogP contribution in [0.1, 0.15) is 21.6 Å². The topological polar surface area (TPSA) is 39.2 Å². The molecule has 0 fully saturated rings. The second kappa shape index (κ2) is 4.67. The van der Waals surface area contributed by atoms with E-state index in [0.717, 1.165) is 10.6 Å². The van der Waals surface area contributed by atoms with Crippen LogP contribution in [0.15, 0.2) is 23.6 Å². The van der Waals surface area contributed by atoms with Crippen molar-refractivity contribution in [3.05, 3.63) is 40.4 Å². The van der Waals surface area contributed by atoms with Crippen molar-refractivity contribution < 1.29 is 9.53 Å². The van der Waals surface area contributed by atoms with Crippen molar-refractivity contribution in [2.75, 3.05) is 7.11 Å². The van der Waals surface area contributed by atoms with Gasteiger partial charge >= 0.3 is 5.97 Å². The molecule has 0 radical (unpaired) electrons. The summed E-state index contributed by atoms with van der Waals surface area (Å²) >= 11 is 1.45. The molecule has 0 aliphatic carbocycles. The number of methoxy groups -OCH3 is 1. The molecule has 1 aromatic carbocycles. The maximum Gasteiger partial charge on any atom is 0.357 e. The van der Waals surface area contributed by atoms with E-state index < -0.39 is 5.97 Å². The van der Waals surface area contributed by atoms with E-state index in [1.165, 1.54) is 29.6 Å². The standard InChI is InChI=1S/C13H13NO2S/c1-8-4-5-10(6-9(8)2)12-14-11(7-17-12)13(15)16-3/h4-7H,1-3H3. The molecule has 3 nitrogen and oxygen atoms in total. The Morgan fingerprint density at radius 2 is 2.06 bits per heavy atom. The smallest absolute Gasteiger partial charge is 0.357 e. The van der Waals surface area contributed by atoms with Gasteiger partial charge in [-0.3, -0.25) is 0 Å². The number of thiazole rings is 1. The number of aryl methyl sites for hydroxylation is 2. The van der Waals surface area contributed by atoms with Crippen molar-refractivity contribution in [3.8, 4) is 10.6 Å². The number of aromatic nitrogens is 1. The lowest BCUT2D eigenvalue weighted by atomic mass is 10.1. The molecule has 1 heterocycles. The van der Waals surface area contributed by atoms with Crippen molar-refractivity contribution in [3.63, 3.8) is 0 Å². The van der Waals surface area contributed by atoms with Crippen molar-refractivity contribution in [1.82, 2.24) is 4.98 Å². The quantitative estimate of drug-likeness (QED) is 0.765. The van der Waals surface area contributed by atoms with Crippen LogP contribution in [0.25, 0.3) is 10.6 Å². The number of carbonyl (C=O) groups excluding carboxylic acids is 1. The molecule has 0 aliphatic heterocycles. The van der Waals surface area contributed by atoms with E-state index >= 15 is 0 Å². The van der Waals surface area contributed by atoms with Gasteiger partial charge in [0, 0.05) is 10.9 Å². The maximum absolute atomic E-state index is 11.3. The third kappa shape index (κ3) is 2.36. The number of benzene rings is 1. The average molecular weight is 247 g/mol. The van der Waals surface area contributed by atoms with Gasteiger partial charge in [-0.2, -0.15) is 0 Å². The predicted molar refractivity (Wildman–Crippen MR) is 68.4 cm³/mol. The number of esters is 1. The molecule has 0 aliphatic rings. The Labute approximate surface area is 104 Å². The van der Waals surface area contributed by atoms with Gasteiger partial charge in [0.25, 0.3) is 0 Å². The maximum atomic E-state index is 11.3. The first kappa shape index (κ1) is 11.8. The highest BCUT2D eigenvalue weighted by Crippen LogP contribution is 2.25. The summed E-state index contributed by atoms with van der Waals surface area (Å²) in [6, 6.07) is 6.15. The van der Waals surface area contributed by atoms with Crippen LogP contribution in [0.2, 0.25) is 0 Å². The van der Waals surface area contributed by atoms with E-state index in [-0.39, 0.29) is 0 Å². The molecule has 0 bridgehead atoms. The second-order valence-corrected chi connectivity index (χ2v) is 4.69. The monoisotopic (exact) mass is 247 g/mol. The largest absolute Gasteiger partial charge is 0.464 e. The summed E-state index contributed by atoms with van der Waals surface area (Å²) in [5.74, 6) is -0.392. The highest BCUT2D eigenvalue weighted by molar-refractivity contribution is 7.13. The van der Waals surface area contributed by atoms with Crippen LogP contribution < -0.4 is 0 Å². The summed E-state index contributed by atoms with van der Waals surface area (Å²) in [5.41, 5.74) is 3.87. The van der Waals surface area contributed by atoms with E-state index in [1.54, 1.807) is 5.38 Å². The Morgan fingerprint density at radius 1 is 1.29 bits per heavy atom. The zero-order chi connectivity index (χ0) is 12.4. The SMILES string of the molecule is COC(=O)c1csc(-c2ccc(C)c(C)c2)n1. The van der Waals surface area contributed by atoms with Gasteiger partial charge in [-0.15, -0.1) is 11.3 Å². The van der Waals surface area contributed by atoms with Crippen molar-refractivity contribution in [2.24, 2.45) is 0 Å². The highest BCUT2D eigenvalue weighted by atomic mass is 32.1. The first-order valence-corrected chi connectivity index (χ1v) is 6.11. The minimum atomic E-state index is -0.392. The molecule has 0 saturated heterocycles. The number of hydrogen-bond acceptors (Lipinski definition) is 4. The minimum Gasteiger partial charge on any atom is -0.464 e. The first-order chi connectivity index (χ1) is 8.11. The fraction of sp³-hybridized carbons (Fsp3) is 0.231. The third-order valence-electron chi connectivity index (χ3n) is 2.65. The second-order valence-electron chi connectivity index (χ2n) is 3.83. The zero-order valence-electron chi connectivity index (χ0n) is 9.98. The van der Waals surface area contributed by atoms with Crippen LogP contribution in [-0.4, -0.2) is 18.1 Å². The van der Waals surface area contributed by atoms with E-state index in [1.807, 2.05) is 6.07 Å². The van der Waals surface area contributed by atoms with E-state index in [4.69, 9.17) is 0 Å². The van der Waals surface area contributed by atoms with Gasteiger partial charge in [0.15, 0.2) is 5.69 Å². The third-order valence-corrected chi connectivity index (χ3v) is 3.54. The summed E-state index contributed by atoms with van der Waals surface area (Å²) < 4.78 is 4.63. The van der Waals surface area contributed by atoms with Gasteiger partial charge in [0.2, 0.25) is 0 Å². The molecule has 0 spiro atoms. The fourth-order valence-electron chi connectivity index (χ4n) is 1.48. The van der Waals surface area contributed by atoms with Crippen molar-refractivity contribution in [2.45, 2.75) is 13.8 Å². The van der Waals surface area contributed by atoms with E-state index in [0.29, 0.717) is 5.69 Å². The van der Waals surface area contributed by atoms with E-state index in [9.17, 15) is 4.79 Å². The summed E-state index contributed by atoms with van der Waals surface area (Å²) in [5, 5.41) is 2.56. The van der Waals surface area contributed by atoms with E-state index in [2.05, 4.69) is 35.7 Å². The van der Waals surface area contributed by atoms with Crippen LogP contribution >= 0.6 is 11.3 Å². The number of nitrogens with zero attached hydrogens (tertiary/aromatic N) is 1. The van der Waals surface area contributed by atoms with Gasteiger partial charge in [-0.05, 0) is 31.0 Å². The normalized spacial score (nSPS) is 10.3. The summed E-state index contributed by atoms with van der Waals surface area (Å²) in [6.07, 6.45) is 0. The van der Waals surface area contributed by atoms with Gasteiger partial charge in [0.05, 0.1) is 7.11 Å². The summed E-state index contributed by atoms with van der Waals surface area (Å²) in [7, 11) is 1.36. The number of hydrogen-bond donors (Lipinski definition) is 0. The lowest BCUT2D eigenvalue weighted by Gasteiger charge is -2.01. The molecule has 4 heteroatoms. The molecule has 0 saturated carbocycles. The Morgan fingerprint density at radius 3 is 2.71 bits per heavy atom. The minimum absolute atomic E-state index is 0.366. The Kier molecular flexibility index (Phi) is 3.24. The Balaban J connectivity index is 2.37. The molecule has 0 N–H and O–H groups in total. The van der Waals surface area contributed by atoms with Crippen molar-refractivity contribution >= 4 is 17.3 Å². The van der Waals surface area contributed by atoms with Crippen molar-refractivity contribution in [1.29, 1.82) is 0 Å². The molecular weight excluding hydrogens is 234 g/mol. The lowest BCUT2D eigenvalue weighted by molar-refractivity contribution is 0.0595. The summed E-state index contributed by atoms with van der Waals surface area (Å²) in [6.45, 7) is 4.13. The molecule has 0 atom stereocenters. The molecule has 1 aromatic heterocycles. The van der Waals surface area contributed by atoms with Gasteiger partial charge in [0.1, 0.15) is 5.01 Å². The molecule has 0 amide bonds. The highest BCUT2D eigenvalue weighted by Gasteiger charge is 2.11. The number of carbonyl (C=O) groups is 1. The van der Waals surface area contributed by atoms with Gasteiger partial charge in [-0.1, -0.05) is 12.1 Å².